The van der Waals surface area contributed by atoms with E-state index in [1.807, 2.05) is 27.7 Å². The fourth-order valence-electron chi connectivity index (χ4n) is 3.14. The van der Waals surface area contributed by atoms with Crippen LogP contribution in [0.4, 0.5) is 11.4 Å². The molecule has 0 aliphatic heterocycles. The molecule has 1 aromatic carbocycles. The molecule has 1 aromatic heterocycles. The number of carbonyl (C=O) groups excluding carboxylic acids is 3. The number of nitrogens with zero attached hydrogens (tertiary/aromatic N) is 1. The van der Waals surface area contributed by atoms with Crippen molar-refractivity contribution in [3.05, 3.63) is 47.3 Å². The first-order valence-electron chi connectivity index (χ1n) is 9.18. The van der Waals surface area contributed by atoms with Gasteiger partial charge in [-0.05, 0) is 65.0 Å². The lowest BCUT2D eigenvalue weighted by atomic mass is 10.2. The third kappa shape index (κ3) is 5.00. The lowest BCUT2D eigenvalue weighted by molar-refractivity contribution is -0.123. The van der Waals surface area contributed by atoms with Crippen LogP contribution in [0.15, 0.2) is 30.3 Å². The summed E-state index contributed by atoms with van der Waals surface area (Å²) in [5.41, 5.74) is 3.42. The van der Waals surface area contributed by atoms with Crippen molar-refractivity contribution in [3.8, 4) is 0 Å². The average molecular weight is 385 g/mol. The van der Waals surface area contributed by atoms with Gasteiger partial charge < -0.3 is 19.9 Å². The van der Waals surface area contributed by atoms with Crippen LogP contribution in [0, 0.1) is 13.8 Å². The predicted octanol–water partition coefficient (Wildman–Crippen LogP) is 3.83. The second-order valence-corrected chi connectivity index (χ2v) is 7.04. The zero-order valence-corrected chi connectivity index (χ0v) is 17.1. The maximum atomic E-state index is 12.5. The van der Waals surface area contributed by atoms with E-state index < -0.39 is 18.0 Å². The Labute approximate surface area is 165 Å². The average Bonchev–Trinajstić information content (AvgIpc) is 2.90. The number of aryl methyl sites for hydroxylation is 1. The molecule has 0 radical (unpaired) electrons. The van der Waals surface area contributed by atoms with Crippen LogP contribution in [0.25, 0.3) is 0 Å². The van der Waals surface area contributed by atoms with Crippen LogP contribution in [-0.2, 0) is 14.3 Å². The molecule has 7 heteroatoms. The Morgan fingerprint density at radius 1 is 0.964 bits per heavy atom. The molecule has 1 atom stereocenters. The molecule has 2 amide bonds. The van der Waals surface area contributed by atoms with Crippen molar-refractivity contribution in [2.24, 2.45) is 0 Å². The minimum absolute atomic E-state index is 0.172. The fraction of sp³-hybridized carbons (Fsp3) is 0.381. The number of rotatable bonds is 6. The van der Waals surface area contributed by atoms with Gasteiger partial charge in [0.25, 0.3) is 5.91 Å². The molecule has 7 nitrogen and oxygen atoms in total. The number of anilines is 2. The van der Waals surface area contributed by atoms with Crippen LogP contribution in [0.1, 0.15) is 55.5 Å². The minimum Gasteiger partial charge on any atom is -0.449 e. The van der Waals surface area contributed by atoms with Crippen LogP contribution < -0.4 is 10.6 Å². The summed E-state index contributed by atoms with van der Waals surface area (Å²) in [5, 5.41) is 5.34. The number of benzene rings is 1. The molecule has 0 saturated heterocycles. The number of carbonyl (C=O) groups is 3. The molecule has 2 rings (SSSR count). The largest absolute Gasteiger partial charge is 0.449 e. The van der Waals surface area contributed by atoms with Crippen molar-refractivity contribution < 1.29 is 19.1 Å². The Kier molecular flexibility index (Phi) is 6.62. The number of hydrogen-bond donors (Lipinski definition) is 2. The topological polar surface area (TPSA) is 89.4 Å². The number of amides is 2. The molecule has 0 aliphatic rings. The van der Waals surface area contributed by atoms with Crippen molar-refractivity contribution >= 4 is 29.2 Å². The van der Waals surface area contributed by atoms with Gasteiger partial charge in [0.1, 0.15) is 0 Å². The van der Waals surface area contributed by atoms with Gasteiger partial charge in [-0.1, -0.05) is 0 Å². The van der Waals surface area contributed by atoms with Gasteiger partial charge in [0.2, 0.25) is 5.91 Å². The summed E-state index contributed by atoms with van der Waals surface area (Å²) >= 11 is 0. The standard InChI is InChI=1S/C21H27N3O4/c1-12(2)24-13(3)11-19(14(24)4)21(27)28-15(5)20(26)23-18-9-7-17(8-10-18)22-16(6)25/h7-12,15H,1-6H3,(H,22,25)(H,23,26)/t15-/m1/s1. The van der Waals surface area contributed by atoms with E-state index >= 15 is 0 Å². The van der Waals surface area contributed by atoms with E-state index in [1.54, 1.807) is 30.3 Å². The summed E-state index contributed by atoms with van der Waals surface area (Å²) in [6.45, 7) is 10.8. The number of esters is 1. The van der Waals surface area contributed by atoms with E-state index in [1.165, 1.54) is 13.8 Å². The van der Waals surface area contributed by atoms with Crippen molar-refractivity contribution in [1.29, 1.82) is 0 Å². The fourth-order valence-corrected chi connectivity index (χ4v) is 3.14. The molecule has 0 unspecified atom stereocenters. The van der Waals surface area contributed by atoms with Gasteiger partial charge in [-0.25, -0.2) is 4.79 Å². The smallest absolute Gasteiger partial charge is 0.340 e. The molecule has 2 N–H and O–H groups in total. The quantitative estimate of drug-likeness (QED) is 0.740. The van der Waals surface area contributed by atoms with Crippen molar-refractivity contribution in [3.63, 3.8) is 0 Å². The van der Waals surface area contributed by atoms with Gasteiger partial charge in [-0.3, -0.25) is 9.59 Å². The summed E-state index contributed by atoms with van der Waals surface area (Å²) < 4.78 is 7.41. The SMILES string of the molecule is CC(=O)Nc1ccc(NC(=O)[C@@H](C)OC(=O)c2cc(C)n(C(C)C)c2C)cc1. The Hall–Kier alpha value is -3.09. The highest BCUT2D eigenvalue weighted by atomic mass is 16.5. The first-order valence-corrected chi connectivity index (χ1v) is 9.18. The number of aromatic nitrogens is 1. The molecule has 0 aliphatic carbocycles. The number of ether oxygens (including phenoxy) is 1. The Balaban J connectivity index is 2.01. The van der Waals surface area contributed by atoms with Gasteiger partial charge in [0.05, 0.1) is 5.56 Å². The molecular formula is C21H27N3O4. The lowest BCUT2D eigenvalue weighted by Crippen LogP contribution is -2.30. The van der Waals surface area contributed by atoms with Crippen LogP contribution in [0.2, 0.25) is 0 Å². The van der Waals surface area contributed by atoms with Gasteiger partial charge in [-0.2, -0.15) is 0 Å². The second-order valence-electron chi connectivity index (χ2n) is 7.04. The summed E-state index contributed by atoms with van der Waals surface area (Å²) in [5.74, 6) is -1.13. The predicted molar refractivity (Wildman–Crippen MR) is 109 cm³/mol. The van der Waals surface area contributed by atoms with Gasteiger partial charge in [0, 0.05) is 35.7 Å². The highest BCUT2D eigenvalue weighted by Crippen LogP contribution is 2.21. The number of nitrogens with one attached hydrogen (secondary N) is 2. The Bertz CT molecular complexity index is 882. The molecule has 0 fully saturated rings. The molecule has 28 heavy (non-hydrogen) atoms. The molecule has 0 spiro atoms. The summed E-state index contributed by atoms with van der Waals surface area (Å²) in [7, 11) is 0. The minimum atomic E-state index is -0.954. The van der Waals surface area contributed by atoms with Gasteiger partial charge >= 0.3 is 5.97 Å². The zero-order chi connectivity index (χ0) is 21.0. The third-order valence-electron chi connectivity index (χ3n) is 4.35. The van der Waals surface area contributed by atoms with Crippen LogP contribution >= 0.6 is 0 Å². The van der Waals surface area contributed by atoms with E-state index in [-0.39, 0.29) is 11.9 Å². The molecule has 2 aromatic rings. The summed E-state index contributed by atoms with van der Waals surface area (Å²) in [4.78, 5) is 35.9. The molecule has 150 valence electrons. The van der Waals surface area contributed by atoms with Crippen molar-refractivity contribution in [2.75, 3.05) is 10.6 Å². The Morgan fingerprint density at radius 3 is 1.96 bits per heavy atom. The van der Waals surface area contributed by atoms with E-state index in [4.69, 9.17) is 4.74 Å². The van der Waals surface area contributed by atoms with E-state index in [9.17, 15) is 14.4 Å². The van der Waals surface area contributed by atoms with Gasteiger partial charge in [-0.15, -0.1) is 0 Å². The first-order chi connectivity index (χ1) is 13.1. The molecule has 0 saturated carbocycles. The monoisotopic (exact) mass is 385 g/mol. The summed E-state index contributed by atoms with van der Waals surface area (Å²) in [6.07, 6.45) is -0.954. The van der Waals surface area contributed by atoms with Crippen LogP contribution in [-0.4, -0.2) is 28.5 Å². The highest BCUT2D eigenvalue weighted by Gasteiger charge is 2.23. The van der Waals surface area contributed by atoms with Gasteiger partial charge in [0.15, 0.2) is 6.10 Å². The second kappa shape index (κ2) is 8.73. The maximum Gasteiger partial charge on any atom is 0.340 e. The van der Waals surface area contributed by atoms with E-state index in [2.05, 4.69) is 15.2 Å². The third-order valence-corrected chi connectivity index (χ3v) is 4.35. The van der Waals surface area contributed by atoms with Crippen molar-refractivity contribution in [2.45, 2.75) is 53.7 Å². The Morgan fingerprint density at radius 2 is 1.50 bits per heavy atom. The molecular weight excluding hydrogens is 358 g/mol. The number of hydrogen-bond acceptors (Lipinski definition) is 4. The summed E-state index contributed by atoms with van der Waals surface area (Å²) in [6, 6.07) is 8.68. The first kappa shape index (κ1) is 21.2. The van der Waals surface area contributed by atoms with Crippen LogP contribution in [0.3, 0.4) is 0 Å². The molecule has 1 heterocycles. The maximum absolute atomic E-state index is 12.5. The van der Waals surface area contributed by atoms with Crippen LogP contribution in [0.5, 0.6) is 0 Å². The lowest BCUT2D eigenvalue weighted by Gasteiger charge is -2.15. The molecule has 0 bridgehead atoms. The van der Waals surface area contributed by atoms with Crippen molar-refractivity contribution in [1.82, 2.24) is 4.57 Å². The van der Waals surface area contributed by atoms with E-state index in [0.29, 0.717) is 16.9 Å². The zero-order valence-electron chi connectivity index (χ0n) is 17.1. The van der Waals surface area contributed by atoms with E-state index in [0.717, 1.165) is 11.4 Å². The normalized spacial score (nSPS) is 11.8. The highest BCUT2D eigenvalue weighted by molar-refractivity contribution is 5.98.